The molecule has 4 heteroatoms. The SMILES string of the molecule is COc1cc(F)cc([C@@H](N)CC#N)c1. The second kappa shape index (κ2) is 4.58. The van der Waals surface area contributed by atoms with Crippen molar-refractivity contribution in [1.29, 1.82) is 5.26 Å². The molecular formula is C10H11FN2O. The van der Waals surface area contributed by atoms with Crippen LogP contribution in [0.2, 0.25) is 0 Å². The van der Waals surface area contributed by atoms with Crippen LogP contribution in [0.25, 0.3) is 0 Å². The van der Waals surface area contributed by atoms with Crippen molar-refractivity contribution in [1.82, 2.24) is 0 Å². The third kappa shape index (κ3) is 2.44. The van der Waals surface area contributed by atoms with E-state index in [-0.39, 0.29) is 6.42 Å². The van der Waals surface area contributed by atoms with Crippen molar-refractivity contribution >= 4 is 0 Å². The van der Waals surface area contributed by atoms with Crippen LogP contribution in [-0.2, 0) is 0 Å². The molecule has 0 aromatic heterocycles. The third-order valence-electron chi connectivity index (χ3n) is 1.87. The molecule has 1 rings (SSSR count). The Labute approximate surface area is 81.9 Å². The first-order valence-electron chi connectivity index (χ1n) is 4.14. The lowest BCUT2D eigenvalue weighted by molar-refractivity contribution is 0.410. The maximum Gasteiger partial charge on any atom is 0.127 e. The van der Waals surface area contributed by atoms with E-state index in [2.05, 4.69) is 0 Å². The second-order valence-corrected chi connectivity index (χ2v) is 2.89. The number of rotatable bonds is 3. The van der Waals surface area contributed by atoms with Crippen LogP contribution in [0.1, 0.15) is 18.0 Å². The molecule has 0 aliphatic carbocycles. The summed E-state index contributed by atoms with van der Waals surface area (Å²) in [4.78, 5) is 0. The normalized spacial score (nSPS) is 11.9. The first kappa shape index (κ1) is 10.5. The minimum Gasteiger partial charge on any atom is -0.497 e. The van der Waals surface area contributed by atoms with Crippen molar-refractivity contribution in [2.45, 2.75) is 12.5 Å². The van der Waals surface area contributed by atoms with Crippen molar-refractivity contribution in [2.75, 3.05) is 7.11 Å². The highest BCUT2D eigenvalue weighted by Gasteiger charge is 2.08. The molecule has 0 unspecified atom stereocenters. The van der Waals surface area contributed by atoms with Crippen LogP contribution in [0.15, 0.2) is 18.2 Å². The molecule has 14 heavy (non-hydrogen) atoms. The summed E-state index contributed by atoms with van der Waals surface area (Å²) in [6.07, 6.45) is 0.159. The fourth-order valence-electron chi connectivity index (χ4n) is 1.13. The Hall–Kier alpha value is -1.60. The molecular weight excluding hydrogens is 183 g/mol. The Balaban J connectivity index is 2.97. The quantitative estimate of drug-likeness (QED) is 0.797. The summed E-state index contributed by atoms with van der Waals surface area (Å²) in [6, 6.07) is 5.67. The highest BCUT2D eigenvalue weighted by Crippen LogP contribution is 2.21. The molecule has 1 aromatic carbocycles. The van der Waals surface area contributed by atoms with E-state index in [0.29, 0.717) is 11.3 Å². The zero-order valence-electron chi connectivity index (χ0n) is 7.83. The summed E-state index contributed by atoms with van der Waals surface area (Å²) in [7, 11) is 1.45. The average Bonchev–Trinajstić information content (AvgIpc) is 2.17. The summed E-state index contributed by atoms with van der Waals surface area (Å²) in [5, 5.41) is 8.44. The van der Waals surface area contributed by atoms with E-state index in [4.69, 9.17) is 15.7 Å². The van der Waals surface area contributed by atoms with Crippen molar-refractivity contribution in [2.24, 2.45) is 5.73 Å². The van der Waals surface area contributed by atoms with E-state index in [1.807, 2.05) is 6.07 Å². The first-order valence-corrected chi connectivity index (χ1v) is 4.14. The lowest BCUT2D eigenvalue weighted by Crippen LogP contribution is -2.09. The minimum absolute atomic E-state index is 0.159. The van der Waals surface area contributed by atoms with Crippen molar-refractivity contribution < 1.29 is 9.13 Å². The summed E-state index contributed by atoms with van der Waals surface area (Å²) in [5.41, 5.74) is 6.23. The fourth-order valence-corrected chi connectivity index (χ4v) is 1.13. The van der Waals surface area contributed by atoms with Gasteiger partial charge in [0.25, 0.3) is 0 Å². The van der Waals surface area contributed by atoms with Crippen molar-refractivity contribution in [3.63, 3.8) is 0 Å². The van der Waals surface area contributed by atoms with Crippen LogP contribution >= 0.6 is 0 Å². The van der Waals surface area contributed by atoms with Crippen LogP contribution in [0.4, 0.5) is 4.39 Å². The number of hydrogen-bond acceptors (Lipinski definition) is 3. The molecule has 1 atom stereocenters. The molecule has 0 spiro atoms. The predicted octanol–water partition coefficient (Wildman–Crippen LogP) is 1.75. The minimum atomic E-state index is -0.468. The lowest BCUT2D eigenvalue weighted by Gasteiger charge is -2.09. The van der Waals surface area contributed by atoms with Crippen LogP contribution in [0.5, 0.6) is 5.75 Å². The fraction of sp³-hybridized carbons (Fsp3) is 0.300. The predicted molar refractivity (Wildman–Crippen MR) is 50.1 cm³/mol. The number of benzene rings is 1. The second-order valence-electron chi connectivity index (χ2n) is 2.89. The van der Waals surface area contributed by atoms with E-state index >= 15 is 0 Å². The molecule has 3 nitrogen and oxygen atoms in total. The smallest absolute Gasteiger partial charge is 0.127 e. The highest BCUT2D eigenvalue weighted by molar-refractivity contribution is 5.31. The molecule has 0 fully saturated rings. The summed E-state index contributed by atoms with van der Waals surface area (Å²) >= 11 is 0. The standard InChI is InChI=1S/C10H11FN2O/c1-14-9-5-7(4-8(11)6-9)10(13)2-3-12/h4-6,10H,2,13H2,1H3/t10-/m0/s1. The number of nitriles is 1. The van der Waals surface area contributed by atoms with E-state index in [0.717, 1.165) is 0 Å². The van der Waals surface area contributed by atoms with Gasteiger partial charge < -0.3 is 10.5 Å². The Bertz CT molecular complexity index is 360. The molecule has 1 aromatic rings. The Morgan fingerprint density at radius 1 is 1.57 bits per heavy atom. The van der Waals surface area contributed by atoms with Gasteiger partial charge in [0, 0.05) is 12.1 Å². The van der Waals surface area contributed by atoms with Gasteiger partial charge in [0.15, 0.2) is 0 Å². The van der Waals surface area contributed by atoms with Gasteiger partial charge in [-0.25, -0.2) is 4.39 Å². The molecule has 0 amide bonds. The summed E-state index contributed by atoms with van der Waals surface area (Å²) in [5.74, 6) is 0.00105. The Kier molecular flexibility index (Phi) is 3.43. The maximum atomic E-state index is 13.0. The number of ether oxygens (including phenoxy) is 1. The molecule has 0 saturated heterocycles. The van der Waals surface area contributed by atoms with Gasteiger partial charge in [0.1, 0.15) is 11.6 Å². The summed E-state index contributed by atoms with van der Waals surface area (Å²) < 4.78 is 17.9. The molecule has 0 saturated carbocycles. The monoisotopic (exact) mass is 194 g/mol. The number of methoxy groups -OCH3 is 1. The number of nitrogens with zero attached hydrogens (tertiary/aromatic N) is 1. The van der Waals surface area contributed by atoms with Gasteiger partial charge in [0.2, 0.25) is 0 Å². The van der Waals surface area contributed by atoms with Crippen LogP contribution in [-0.4, -0.2) is 7.11 Å². The largest absolute Gasteiger partial charge is 0.497 e. The van der Waals surface area contributed by atoms with E-state index in [1.165, 1.54) is 19.2 Å². The van der Waals surface area contributed by atoms with Gasteiger partial charge in [-0.05, 0) is 17.7 Å². The Morgan fingerprint density at radius 2 is 2.29 bits per heavy atom. The highest BCUT2D eigenvalue weighted by atomic mass is 19.1. The van der Waals surface area contributed by atoms with Gasteiger partial charge in [-0.1, -0.05) is 0 Å². The number of halogens is 1. The molecule has 74 valence electrons. The summed E-state index contributed by atoms with van der Waals surface area (Å²) in [6.45, 7) is 0. The zero-order chi connectivity index (χ0) is 10.6. The Morgan fingerprint density at radius 3 is 2.86 bits per heavy atom. The van der Waals surface area contributed by atoms with Gasteiger partial charge >= 0.3 is 0 Å². The lowest BCUT2D eigenvalue weighted by atomic mass is 10.1. The average molecular weight is 194 g/mol. The van der Waals surface area contributed by atoms with E-state index in [1.54, 1.807) is 6.07 Å². The van der Waals surface area contributed by atoms with Gasteiger partial charge in [-0.15, -0.1) is 0 Å². The molecule has 0 radical (unpaired) electrons. The molecule has 2 N–H and O–H groups in total. The topological polar surface area (TPSA) is 59.0 Å². The van der Waals surface area contributed by atoms with E-state index in [9.17, 15) is 4.39 Å². The molecule has 0 aliphatic heterocycles. The molecule has 0 aliphatic rings. The maximum absolute atomic E-state index is 13.0. The molecule has 0 bridgehead atoms. The van der Waals surface area contributed by atoms with E-state index < -0.39 is 11.9 Å². The van der Waals surface area contributed by atoms with Gasteiger partial charge in [-0.3, -0.25) is 0 Å². The van der Waals surface area contributed by atoms with Crippen LogP contribution in [0.3, 0.4) is 0 Å². The van der Waals surface area contributed by atoms with Crippen molar-refractivity contribution in [3.8, 4) is 11.8 Å². The van der Waals surface area contributed by atoms with Gasteiger partial charge in [0.05, 0.1) is 19.6 Å². The zero-order valence-corrected chi connectivity index (χ0v) is 7.83. The number of nitrogens with two attached hydrogens (primary N) is 1. The third-order valence-corrected chi connectivity index (χ3v) is 1.87. The number of hydrogen-bond donors (Lipinski definition) is 1. The molecule has 0 heterocycles. The van der Waals surface area contributed by atoms with Crippen LogP contribution in [0, 0.1) is 17.1 Å². The van der Waals surface area contributed by atoms with Crippen LogP contribution < -0.4 is 10.5 Å². The van der Waals surface area contributed by atoms with Gasteiger partial charge in [-0.2, -0.15) is 5.26 Å². The van der Waals surface area contributed by atoms with Crippen molar-refractivity contribution in [3.05, 3.63) is 29.6 Å². The first-order chi connectivity index (χ1) is 6.67.